The summed E-state index contributed by atoms with van der Waals surface area (Å²) in [5.74, 6) is 2.47. The molecule has 0 aromatic heterocycles. The van der Waals surface area contributed by atoms with Gasteiger partial charge in [0.2, 0.25) is 0 Å². The topological polar surface area (TPSA) is 106 Å². The Morgan fingerprint density at radius 2 is 0.636 bits per heavy atom. The number of allylic oxidation sites excluding steroid dienone is 1. The van der Waals surface area contributed by atoms with E-state index < -0.39 is 0 Å². The molecule has 0 amide bonds. The Balaban J connectivity index is 4.50. The quantitative estimate of drug-likeness (QED) is 0.0276. The van der Waals surface area contributed by atoms with E-state index >= 15 is 0 Å². The molecule has 0 aromatic carbocycles. The monoisotopic (exact) mass is 935 g/mol. The number of unbranched alkanes of at least 4 members (excludes halogenated alkanes) is 30. The molecule has 390 valence electrons. The van der Waals surface area contributed by atoms with E-state index in [1.165, 1.54) is 128 Å². The third-order valence-corrected chi connectivity index (χ3v) is 13.1. The van der Waals surface area contributed by atoms with E-state index in [9.17, 15) is 19.5 Å². The van der Waals surface area contributed by atoms with Crippen LogP contribution in [0.1, 0.15) is 278 Å². The summed E-state index contributed by atoms with van der Waals surface area (Å²) in [4.78, 5) is 40.9. The standard InChI is InChI=1S/C57H110N2O7/c1-4-7-10-13-16-28-37-51-64-55(54-61)41-31-22-19-25-36-46-59(49-50-60)48-40-47-58(44-34-26-20-23-32-42-56(62)65-52-38-29-17-14-11-8-5-2)45-35-27-21-24-33-43-57(63)66-53-39-30-18-15-12-9-6-3/h60H,4-53H2,1-3H3. The number of carbonyl (C=O) groups is 2. The molecule has 0 aliphatic heterocycles. The summed E-state index contributed by atoms with van der Waals surface area (Å²) in [6.07, 6.45) is 45.3. The number of aliphatic hydroxyl groups excluding tert-OH is 1. The van der Waals surface area contributed by atoms with Crippen LogP contribution in [-0.4, -0.2) is 98.5 Å². The van der Waals surface area contributed by atoms with Crippen molar-refractivity contribution in [3.8, 4) is 0 Å². The highest BCUT2D eigenvalue weighted by atomic mass is 16.5. The van der Waals surface area contributed by atoms with Crippen LogP contribution in [-0.2, 0) is 28.6 Å². The van der Waals surface area contributed by atoms with Crippen molar-refractivity contribution in [2.75, 3.05) is 65.7 Å². The van der Waals surface area contributed by atoms with Gasteiger partial charge in [0.25, 0.3) is 0 Å². The maximum atomic E-state index is 12.2. The second kappa shape index (κ2) is 54.0. The molecule has 0 fully saturated rings. The Morgan fingerprint density at radius 3 is 1.00 bits per heavy atom. The first kappa shape index (κ1) is 64.1. The number of hydrogen-bond acceptors (Lipinski definition) is 9. The fourth-order valence-electron chi connectivity index (χ4n) is 8.79. The van der Waals surface area contributed by atoms with Gasteiger partial charge in [0.05, 0.1) is 26.4 Å². The number of carbonyl (C=O) groups excluding carboxylic acids is 3. The van der Waals surface area contributed by atoms with Gasteiger partial charge in [-0.15, -0.1) is 0 Å². The zero-order valence-electron chi connectivity index (χ0n) is 44.1. The third-order valence-electron chi connectivity index (χ3n) is 13.1. The lowest BCUT2D eigenvalue weighted by Crippen LogP contribution is -2.33. The molecule has 9 heteroatoms. The number of ether oxygens (including phenoxy) is 3. The Morgan fingerprint density at radius 1 is 0.348 bits per heavy atom. The highest BCUT2D eigenvalue weighted by Crippen LogP contribution is 2.15. The van der Waals surface area contributed by atoms with Gasteiger partial charge in [-0.2, -0.15) is 0 Å². The molecule has 0 saturated carbocycles. The van der Waals surface area contributed by atoms with Gasteiger partial charge in [-0.25, -0.2) is 4.79 Å². The minimum atomic E-state index is -0.0293. The van der Waals surface area contributed by atoms with Crippen LogP contribution in [0.25, 0.3) is 0 Å². The van der Waals surface area contributed by atoms with Crippen molar-refractivity contribution in [1.82, 2.24) is 9.80 Å². The summed E-state index contributed by atoms with van der Waals surface area (Å²) in [5, 5.41) is 9.83. The van der Waals surface area contributed by atoms with E-state index in [-0.39, 0.29) is 18.5 Å². The third kappa shape index (κ3) is 48.5. The number of nitrogens with zero attached hydrogens (tertiary/aromatic N) is 2. The summed E-state index contributed by atoms with van der Waals surface area (Å²) in [7, 11) is 0. The molecule has 0 aliphatic carbocycles. The average molecular weight is 936 g/mol. The van der Waals surface area contributed by atoms with E-state index in [1.807, 2.05) is 5.94 Å². The lowest BCUT2D eigenvalue weighted by atomic mass is 10.1. The average Bonchev–Trinajstić information content (AvgIpc) is 3.32. The molecule has 66 heavy (non-hydrogen) atoms. The van der Waals surface area contributed by atoms with Gasteiger partial charge >= 0.3 is 11.9 Å². The Bertz CT molecular complexity index is 1020. The normalized spacial score (nSPS) is 11.4. The largest absolute Gasteiger partial charge is 0.487 e. The summed E-state index contributed by atoms with van der Waals surface area (Å²) in [6, 6.07) is 0. The SMILES string of the molecule is CCCCCCCCCOC(=O)CCCCCCCN(CCCCCCCC(=O)OCCCCCCCCC)CCCN(CCO)CCCCCCCC(=C=O)OCCCCCCCCC. The van der Waals surface area contributed by atoms with Crippen LogP contribution in [0, 0.1) is 0 Å². The van der Waals surface area contributed by atoms with Gasteiger partial charge in [-0.1, -0.05) is 194 Å². The zero-order valence-corrected chi connectivity index (χ0v) is 44.1. The molecule has 0 unspecified atom stereocenters. The predicted molar refractivity (Wildman–Crippen MR) is 279 cm³/mol. The van der Waals surface area contributed by atoms with Crippen molar-refractivity contribution in [3.05, 3.63) is 5.76 Å². The van der Waals surface area contributed by atoms with E-state index in [4.69, 9.17) is 14.2 Å². The molecule has 0 aromatic rings. The van der Waals surface area contributed by atoms with Crippen molar-refractivity contribution in [2.45, 2.75) is 278 Å². The smallest absolute Gasteiger partial charge is 0.305 e. The van der Waals surface area contributed by atoms with Crippen molar-refractivity contribution in [3.63, 3.8) is 0 Å². The number of aliphatic hydroxyl groups is 1. The second-order valence-corrected chi connectivity index (χ2v) is 19.5. The van der Waals surface area contributed by atoms with Crippen molar-refractivity contribution < 1.29 is 33.7 Å². The fourth-order valence-corrected chi connectivity index (χ4v) is 8.79. The zero-order chi connectivity index (χ0) is 48.1. The molecule has 0 aliphatic rings. The molecule has 0 spiro atoms. The van der Waals surface area contributed by atoms with Crippen LogP contribution in [0.2, 0.25) is 0 Å². The molecule has 9 nitrogen and oxygen atoms in total. The van der Waals surface area contributed by atoms with Crippen LogP contribution < -0.4 is 0 Å². The lowest BCUT2D eigenvalue weighted by Gasteiger charge is -2.26. The summed E-state index contributed by atoms with van der Waals surface area (Å²) >= 11 is 0. The molecular formula is C57H110N2O7. The van der Waals surface area contributed by atoms with Crippen LogP contribution in [0.4, 0.5) is 0 Å². The number of rotatable bonds is 55. The minimum absolute atomic E-state index is 0.0293. The molecular weight excluding hydrogens is 825 g/mol. The van der Waals surface area contributed by atoms with Gasteiger partial charge in [0.15, 0.2) is 11.7 Å². The van der Waals surface area contributed by atoms with Gasteiger partial charge in [0, 0.05) is 25.8 Å². The minimum Gasteiger partial charge on any atom is -0.487 e. The van der Waals surface area contributed by atoms with E-state index in [2.05, 4.69) is 30.6 Å². The van der Waals surface area contributed by atoms with Gasteiger partial charge in [0.1, 0.15) is 0 Å². The van der Waals surface area contributed by atoms with Gasteiger partial charge < -0.3 is 29.1 Å². The maximum Gasteiger partial charge on any atom is 0.305 e. The number of hydrogen-bond donors (Lipinski definition) is 1. The van der Waals surface area contributed by atoms with Crippen molar-refractivity contribution >= 4 is 17.9 Å². The molecule has 1 N–H and O–H groups in total. The maximum absolute atomic E-state index is 12.2. The van der Waals surface area contributed by atoms with Gasteiger partial charge in [-0.05, 0) is 96.9 Å². The summed E-state index contributed by atoms with van der Waals surface area (Å²) in [5.41, 5.74) is 0. The van der Waals surface area contributed by atoms with E-state index in [0.29, 0.717) is 44.8 Å². The Hall–Kier alpha value is -1.93. The Kier molecular flexibility index (Phi) is 52.4. The molecule has 0 heterocycles. The first-order valence-corrected chi connectivity index (χ1v) is 28.7. The predicted octanol–water partition coefficient (Wildman–Crippen LogP) is 15.1. The van der Waals surface area contributed by atoms with Crippen molar-refractivity contribution in [2.24, 2.45) is 0 Å². The van der Waals surface area contributed by atoms with Crippen LogP contribution in [0.15, 0.2) is 5.76 Å². The first-order chi connectivity index (χ1) is 32.5. The molecule has 0 atom stereocenters. The van der Waals surface area contributed by atoms with Crippen LogP contribution in [0.5, 0.6) is 0 Å². The fraction of sp³-hybridized carbons (Fsp3) is 0.930. The van der Waals surface area contributed by atoms with Gasteiger partial charge in [-0.3, -0.25) is 9.59 Å². The number of esters is 2. The molecule has 0 saturated heterocycles. The van der Waals surface area contributed by atoms with E-state index in [0.717, 1.165) is 148 Å². The first-order valence-electron chi connectivity index (χ1n) is 28.7. The highest BCUT2D eigenvalue weighted by Gasteiger charge is 2.10. The lowest BCUT2D eigenvalue weighted by molar-refractivity contribution is -0.144. The second-order valence-electron chi connectivity index (χ2n) is 19.5. The summed E-state index contributed by atoms with van der Waals surface area (Å²) in [6.45, 7) is 14.7. The van der Waals surface area contributed by atoms with Crippen LogP contribution >= 0.6 is 0 Å². The molecule has 0 bridgehead atoms. The highest BCUT2D eigenvalue weighted by molar-refractivity contribution is 5.69. The summed E-state index contributed by atoms with van der Waals surface area (Å²) < 4.78 is 16.7. The van der Waals surface area contributed by atoms with E-state index in [1.54, 1.807) is 0 Å². The molecule has 0 radical (unpaired) electrons. The Labute approximate surface area is 409 Å². The van der Waals surface area contributed by atoms with Crippen molar-refractivity contribution in [1.29, 1.82) is 0 Å². The van der Waals surface area contributed by atoms with Crippen LogP contribution in [0.3, 0.4) is 0 Å². The molecule has 0 rings (SSSR count).